The largest absolute Gasteiger partial charge is 0.497 e. The number of hydrogen-bond acceptors (Lipinski definition) is 5. The quantitative estimate of drug-likeness (QED) is 0.0829. The van der Waals surface area contributed by atoms with E-state index in [1.807, 2.05) is 12.1 Å². The molecule has 0 aliphatic heterocycles. The monoisotopic (exact) mass is 640 g/mol. The van der Waals surface area contributed by atoms with Gasteiger partial charge in [0.05, 0.1) is 24.7 Å². The van der Waals surface area contributed by atoms with Gasteiger partial charge in [0.2, 0.25) is 34.8 Å². The predicted molar refractivity (Wildman–Crippen MR) is 132 cm³/mol. The number of halogens is 9. The highest BCUT2D eigenvalue weighted by molar-refractivity contribution is 9.10. The van der Waals surface area contributed by atoms with Gasteiger partial charge in [0.1, 0.15) is 5.75 Å². The van der Waals surface area contributed by atoms with Gasteiger partial charge in [0.15, 0.2) is 0 Å². The first kappa shape index (κ1) is 30.5. The highest BCUT2D eigenvalue weighted by Crippen LogP contribution is 2.35. The van der Waals surface area contributed by atoms with Crippen LogP contribution in [-0.2, 0) is 6.18 Å². The first-order chi connectivity index (χ1) is 18.3. The van der Waals surface area contributed by atoms with Crippen LogP contribution < -0.4 is 14.4 Å². The second-order valence-electron chi connectivity index (χ2n) is 7.52. The molecule has 4 aromatic rings. The number of alkyl halides is 3. The molecule has 0 bridgehead atoms. The smallest absolute Gasteiger partial charge is 0.492 e. The van der Waals surface area contributed by atoms with Crippen LogP contribution in [0.15, 0.2) is 64.0 Å². The topological polar surface area (TPSA) is 58.9 Å². The van der Waals surface area contributed by atoms with Crippen molar-refractivity contribution < 1.29 is 54.1 Å². The summed E-state index contributed by atoms with van der Waals surface area (Å²) in [5.74, 6) is -11.9. The maximum absolute atomic E-state index is 13.5. The number of rotatable bonds is 5. The Bertz CT molecular complexity index is 1470. The fraction of sp³-hybridized carbons (Fsp3) is 0.0833. The molecule has 15 heteroatoms. The van der Waals surface area contributed by atoms with Crippen molar-refractivity contribution in [3.63, 3.8) is 0 Å². The van der Waals surface area contributed by atoms with Crippen molar-refractivity contribution in [1.29, 1.82) is 0 Å². The second-order valence-corrected chi connectivity index (χ2v) is 9.18. The molecular weight excluding hydrogens is 627 g/mol. The molecular formula is C24H14BBrF8O4S. The Balaban J connectivity index is 0.000000242. The van der Waals surface area contributed by atoms with Crippen molar-refractivity contribution >= 4 is 51.3 Å². The van der Waals surface area contributed by atoms with Crippen LogP contribution in [0, 0.1) is 29.1 Å². The molecule has 0 radical (unpaired) electrons. The molecule has 0 spiro atoms. The fourth-order valence-electron chi connectivity index (χ4n) is 3.12. The first-order valence-electron chi connectivity index (χ1n) is 10.4. The molecule has 4 nitrogen and oxygen atoms in total. The third-order valence-electron chi connectivity index (χ3n) is 5.03. The Hall–Kier alpha value is -3.01. The Morgan fingerprint density at radius 3 is 2.00 bits per heavy atom. The third-order valence-corrected chi connectivity index (χ3v) is 6.42. The minimum absolute atomic E-state index is 0.106. The van der Waals surface area contributed by atoms with E-state index >= 15 is 0 Å². The second kappa shape index (κ2) is 12.4. The zero-order chi connectivity index (χ0) is 29.1. The molecule has 0 amide bonds. The molecule has 39 heavy (non-hydrogen) atoms. The number of methoxy groups -OCH3 is 1. The summed E-state index contributed by atoms with van der Waals surface area (Å²) in [5.41, 5.74) is -1.01. The van der Waals surface area contributed by atoms with Crippen molar-refractivity contribution in [2.45, 2.75) is 11.1 Å². The lowest BCUT2D eigenvalue weighted by atomic mass is 9.79. The summed E-state index contributed by atoms with van der Waals surface area (Å²) in [7, 11) is -0.705. The van der Waals surface area contributed by atoms with Crippen LogP contribution in [-0.4, -0.2) is 24.3 Å². The number of hydrogen-bond donors (Lipinski definition) is 2. The van der Waals surface area contributed by atoms with Crippen LogP contribution in [0.3, 0.4) is 0 Å². The predicted octanol–water partition coefficient (Wildman–Crippen LogP) is 6.78. The first-order valence-corrected chi connectivity index (χ1v) is 11.9. The lowest BCUT2D eigenvalue weighted by molar-refractivity contribution is -0.137. The van der Waals surface area contributed by atoms with Crippen LogP contribution in [0.5, 0.6) is 11.5 Å². The summed E-state index contributed by atoms with van der Waals surface area (Å²) < 4.78 is 113. The van der Waals surface area contributed by atoms with Gasteiger partial charge >= 0.3 is 13.3 Å². The summed E-state index contributed by atoms with van der Waals surface area (Å²) in [6.45, 7) is 0. The van der Waals surface area contributed by atoms with E-state index < -0.39 is 53.7 Å². The molecule has 4 rings (SSSR count). The summed E-state index contributed by atoms with van der Waals surface area (Å²) in [6, 6.07) is 12.9. The maximum Gasteiger partial charge on any atom is 0.492 e. The van der Waals surface area contributed by atoms with Gasteiger partial charge in [-0.15, -0.1) is 0 Å². The minimum Gasteiger partial charge on any atom is -0.497 e. The van der Waals surface area contributed by atoms with Crippen LogP contribution in [0.4, 0.5) is 35.1 Å². The lowest BCUT2D eigenvalue weighted by Crippen LogP contribution is -2.31. The van der Waals surface area contributed by atoms with E-state index in [4.69, 9.17) is 14.2 Å². The third kappa shape index (κ3) is 6.96. The Morgan fingerprint density at radius 1 is 0.821 bits per heavy atom. The maximum atomic E-state index is 13.5. The van der Waals surface area contributed by atoms with Crippen molar-refractivity contribution in [2.24, 2.45) is 0 Å². The van der Waals surface area contributed by atoms with Crippen molar-refractivity contribution in [3.8, 4) is 11.5 Å². The number of benzene rings is 4. The Labute approximate surface area is 228 Å². The van der Waals surface area contributed by atoms with Crippen LogP contribution in [0.2, 0.25) is 0 Å². The van der Waals surface area contributed by atoms with Gasteiger partial charge in [0.25, 0.3) is 0 Å². The van der Waals surface area contributed by atoms with Crippen molar-refractivity contribution in [3.05, 3.63) is 93.7 Å². The molecule has 206 valence electrons. The average molecular weight is 641 g/mol. The number of ether oxygens (including phenoxy) is 1. The van der Waals surface area contributed by atoms with Crippen LogP contribution >= 0.6 is 28.0 Å². The summed E-state index contributed by atoms with van der Waals surface area (Å²) in [4.78, 5) is 0.435. The molecule has 0 saturated carbocycles. The molecule has 0 aliphatic rings. The van der Waals surface area contributed by atoms with Gasteiger partial charge in [-0.05, 0) is 35.0 Å². The van der Waals surface area contributed by atoms with Gasteiger partial charge < -0.3 is 19.0 Å². The summed E-state index contributed by atoms with van der Waals surface area (Å²) >= 11 is 3.88. The van der Waals surface area contributed by atoms with E-state index in [2.05, 4.69) is 20.7 Å². The van der Waals surface area contributed by atoms with E-state index in [1.54, 1.807) is 24.3 Å². The van der Waals surface area contributed by atoms with Gasteiger partial charge in [-0.3, -0.25) is 0 Å². The molecule has 0 aliphatic carbocycles. The summed E-state index contributed by atoms with van der Waals surface area (Å²) in [6.07, 6.45) is -4.48. The van der Waals surface area contributed by atoms with Crippen LogP contribution in [0.1, 0.15) is 5.56 Å². The van der Waals surface area contributed by atoms with Crippen LogP contribution in [0.25, 0.3) is 10.8 Å². The average Bonchev–Trinajstić information content (AvgIpc) is 2.90. The molecule has 2 N–H and O–H groups in total. The Morgan fingerprint density at radius 2 is 1.44 bits per heavy atom. The highest BCUT2D eigenvalue weighted by atomic mass is 79.9. The van der Waals surface area contributed by atoms with Crippen molar-refractivity contribution in [1.82, 2.24) is 0 Å². The number of fused-ring (bicyclic) bond motifs is 1. The van der Waals surface area contributed by atoms with E-state index in [9.17, 15) is 35.1 Å². The molecule has 0 fully saturated rings. The minimum atomic E-state index is -4.48. The molecule has 0 heterocycles. The molecule has 0 aromatic heterocycles. The van der Waals surface area contributed by atoms with E-state index in [0.717, 1.165) is 40.6 Å². The standard InChI is InChI=1S/C16H6BrF5OS.C8H8BF3O3/c17-10-3-1-2-7-6-8(4-5-9(7)10)24-23-16-14(21)12(19)11(18)13(20)15(16)22;1-15-7-4-5(8(10,11)12)2-3-6(7)9(13)14/h1-6H;2-4,13-14H,1H3. The molecule has 0 saturated heterocycles. The fourth-order valence-corrected chi connectivity index (χ4v) is 4.26. The highest BCUT2D eigenvalue weighted by Gasteiger charge is 2.32. The zero-order valence-electron chi connectivity index (χ0n) is 19.3. The van der Waals surface area contributed by atoms with Gasteiger partial charge in [-0.2, -0.15) is 22.0 Å². The molecule has 0 atom stereocenters. The molecule has 0 unspecified atom stereocenters. The van der Waals surface area contributed by atoms with Gasteiger partial charge in [-0.25, -0.2) is 13.2 Å². The normalized spacial score (nSPS) is 11.2. The van der Waals surface area contributed by atoms with Gasteiger partial charge in [-0.1, -0.05) is 46.3 Å². The van der Waals surface area contributed by atoms with Gasteiger partial charge in [0, 0.05) is 14.8 Å². The zero-order valence-corrected chi connectivity index (χ0v) is 21.7. The van der Waals surface area contributed by atoms with E-state index in [-0.39, 0.29) is 11.2 Å². The lowest BCUT2D eigenvalue weighted by Gasteiger charge is -2.11. The molecule has 4 aromatic carbocycles. The van der Waals surface area contributed by atoms with E-state index in [1.165, 1.54) is 0 Å². The Kier molecular flexibility index (Phi) is 9.75. The van der Waals surface area contributed by atoms with Crippen molar-refractivity contribution in [2.75, 3.05) is 7.11 Å². The SMILES string of the molecule is COc1cc(C(F)(F)F)ccc1B(O)O.Fc1c(F)c(F)c(OSc2ccc3c(Br)cccc3c2)c(F)c1F. The summed E-state index contributed by atoms with van der Waals surface area (Å²) in [5, 5.41) is 19.4. The van der Waals surface area contributed by atoms with E-state index in [0.29, 0.717) is 16.9 Å².